The van der Waals surface area contributed by atoms with Gasteiger partial charge in [0.05, 0.1) is 15.6 Å². The van der Waals surface area contributed by atoms with Crippen molar-refractivity contribution in [1.82, 2.24) is 14.3 Å². The van der Waals surface area contributed by atoms with Crippen LogP contribution in [0.4, 0.5) is 0 Å². The van der Waals surface area contributed by atoms with Crippen molar-refractivity contribution in [3.05, 3.63) is 76.8 Å². The molecule has 1 aromatic heterocycles. The molecule has 0 spiro atoms. The Bertz CT molecular complexity index is 1030. The number of carbonyl (C=O) groups excluding carboxylic acids is 1. The standard InChI is InChI=1S/C16H11Cl2N3O3S/c17-11-6-7-13(18)15(8-11)21-9-14(19-10-21)16(22)20-25(23,24)12-4-2-1-3-5-12/h1-10H,(H,20,22). The number of rotatable bonds is 4. The highest BCUT2D eigenvalue weighted by Gasteiger charge is 2.20. The summed E-state index contributed by atoms with van der Waals surface area (Å²) in [5.41, 5.74) is 0.446. The van der Waals surface area contributed by atoms with Crippen molar-refractivity contribution >= 4 is 39.1 Å². The van der Waals surface area contributed by atoms with Crippen molar-refractivity contribution in [3.8, 4) is 5.69 Å². The summed E-state index contributed by atoms with van der Waals surface area (Å²) in [5.74, 6) is -0.847. The highest BCUT2D eigenvalue weighted by Crippen LogP contribution is 2.24. The second-order valence-electron chi connectivity index (χ2n) is 5.01. The first-order valence-electron chi connectivity index (χ1n) is 6.98. The summed E-state index contributed by atoms with van der Waals surface area (Å²) in [6.07, 6.45) is 2.72. The minimum absolute atomic E-state index is 0.0133. The zero-order valence-corrected chi connectivity index (χ0v) is 14.9. The molecule has 1 amide bonds. The molecule has 0 aliphatic carbocycles. The summed E-state index contributed by atoms with van der Waals surface area (Å²) in [7, 11) is -3.97. The SMILES string of the molecule is O=C(NS(=O)(=O)c1ccccc1)c1cn(-c2cc(Cl)ccc2Cl)cn1. The zero-order valence-electron chi connectivity index (χ0n) is 12.6. The van der Waals surface area contributed by atoms with E-state index in [1.54, 1.807) is 36.4 Å². The normalized spacial score (nSPS) is 11.3. The Labute approximate surface area is 154 Å². The van der Waals surface area contributed by atoms with E-state index in [2.05, 4.69) is 4.98 Å². The van der Waals surface area contributed by atoms with Gasteiger partial charge in [-0.1, -0.05) is 41.4 Å². The number of hydrogen-bond acceptors (Lipinski definition) is 4. The van der Waals surface area contributed by atoms with Crippen LogP contribution in [0.3, 0.4) is 0 Å². The van der Waals surface area contributed by atoms with E-state index >= 15 is 0 Å². The van der Waals surface area contributed by atoms with E-state index in [-0.39, 0.29) is 10.6 Å². The maximum atomic E-state index is 12.2. The first-order chi connectivity index (χ1) is 11.9. The predicted molar refractivity (Wildman–Crippen MR) is 94.7 cm³/mol. The Morgan fingerprint density at radius 1 is 1.08 bits per heavy atom. The fourth-order valence-corrected chi connectivity index (χ4v) is 3.45. The third-order valence-electron chi connectivity index (χ3n) is 3.28. The van der Waals surface area contributed by atoms with Crippen LogP contribution in [0.2, 0.25) is 10.0 Å². The lowest BCUT2D eigenvalue weighted by atomic mass is 10.3. The molecule has 1 N–H and O–H groups in total. The molecule has 0 bridgehead atoms. The molecule has 25 heavy (non-hydrogen) atoms. The van der Waals surface area contributed by atoms with Crippen LogP contribution in [0, 0.1) is 0 Å². The van der Waals surface area contributed by atoms with Gasteiger partial charge in [-0.2, -0.15) is 0 Å². The molecular formula is C16H11Cl2N3O3S. The van der Waals surface area contributed by atoms with Gasteiger partial charge in [0.2, 0.25) is 0 Å². The summed E-state index contributed by atoms with van der Waals surface area (Å²) in [4.78, 5) is 16.1. The van der Waals surface area contributed by atoms with Crippen LogP contribution in [-0.2, 0) is 10.0 Å². The second kappa shape index (κ2) is 6.87. The van der Waals surface area contributed by atoms with Crippen LogP contribution in [0.1, 0.15) is 10.5 Å². The van der Waals surface area contributed by atoms with Gasteiger partial charge in [-0.05, 0) is 30.3 Å². The van der Waals surface area contributed by atoms with Gasteiger partial charge < -0.3 is 4.57 Å². The van der Waals surface area contributed by atoms with E-state index < -0.39 is 15.9 Å². The molecule has 2 aromatic carbocycles. The highest BCUT2D eigenvalue weighted by atomic mass is 35.5. The smallest absolute Gasteiger partial charge is 0.285 e. The first-order valence-corrected chi connectivity index (χ1v) is 9.22. The molecule has 0 unspecified atom stereocenters. The van der Waals surface area contributed by atoms with Crippen molar-refractivity contribution in [2.24, 2.45) is 0 Å². The van der Waals surface area contributed by atoms with Crippen LogP contribution in [0.15, 0.2) is 66.0 Å². The van der Waals surface area contributed by atoms with E-state index in [4.69, 9.17) is 23.2 Å². The Morgan fingerprint density at radius 2 is 1.80 bits per heavy atom. The van der Waals surface area contributed by atoms with Crippen molar-refractivity contribution in [2.75, 3.05) is 0 Å². The van der Waals surface area contributed by atoms with Gasteiger partial charge in [-0.15, -0.1) is 0 Å². The Kier molecular flexibility index (Phi) is 4.80. The van der Waals surface area contributed by atoms with Crippen molar-refractivity contribution in [2.45, 2.75) is 4.90 Å². The molecule has 9 heteroatoms. The number of amides is 1. The minimum atomic E-state index is -3.97. The first kappa shape index (κ1) is 17.5. The maximum Gasteiger partial charge on any atom is 0.285 e. The molecule has 6 nitrogen and oxygen atoms in total. The molecule has 1 heterocycles. The summed E-state index contributed by atoms with van der Waals surface area (Å²) < 4.78 is 27.8. The van der Waals surface area contributed by atoms with Gasteiger partial charge in [-0.3, -0.25) is 4.79 Å². The van der Waals surface area contributed by atoms with Gasteiger partial charge in [-0.25, -0.2) is 18.1 Å². The summed E-state index contributed by atoms with van der Waals surface area (Å²) >= 11 is 12.0. The van der Waals surface area contributed by atoms with Gasteiger partial charge in [0.1, 0.15) is 12.0 Å². The number of nitrogens with one attached hydrogen (secondary N) is 1. The number of nitrogens with zero attached hydrogens (tertiary/aromatic N) is 2. The van der Waals surface area contributed by atoms with Crippen LogP contribution in [0.5, 0.6) is 0 Å². The number of sulfonamides is 1. The van der Waals surface area contributed by atoms with Gasteiger partial charge in [0.25, 0.3) is 15.9 Å². The highest BCUT2D eigenvalue weighted by molar-refractivity contribution is 7.90. The van der Waals surface area contributed by atoms with Crippen LogP contribution in [0.25, 0.3) is 5.69 Å². The molecule has 0 aliphatic rings. The Morgan fingerprint density at radius 3 is 2.52 bits per heavy atom. The lowest BCUT2D eigenvalue weighted by Crippen LogP contribution is -2.30. The molecule has 0 fully saturated rings. The fraction of sp³-hybridized carbons (Fsp3) is 0. The molecule has 0 saturated carbocycles. The summed E-state index contributed by atoms with van der Waals surface area (Å²) in [5, 5.41) is 0.872. The van der Waals surface area contributed by atoms with Gasteiger partial charge >= 0.3 is 0 Å². The lowest BCUT2D eigenvalue weighted by Gasteiger charge is -2.06. The van der Waals surface area contributed by atoms with Crippen LogP contribution < -0.4 is 4.72 Å². The lowest BCUT2D eigenvalue weighted by molar-refractivity contribution is 0.0977. The number of aromatic nitrogens is 2. The van der Waals surface area contributed by atoms with Crippen molar-refractivity contribution in [3.63, 3.8) is 0 Å². The van der Waals surface area contributed by atoms with E-state index in [0.29, 0.717) is 15.7 Å². The molecule has 0 aliphatic heterocycles. The van der Waals surface area contributed by atoms with Crippen LogP contribution >= 0.6 is 23.2 Å². The Balaban J connectivity index is 1.85. The van der Waals surface area contributed by atoms with E-state index in [9.17, 15) is 13.2 Å². The zero-order chi connectivity index (χ0) is 18.0. The number of benzene rings is 2. The number of carbonyl (C=O) groups is 1. The monoisotopic (exact) mass is 395 g/mol. The molecule has 0 radical (unpaired) electrons. The predicted octanol–water partition coefficient (Wildman–Crippen LogP) is 3.30. The number of imidazole rings is 1. The molecule has 3 aromatic rings. The summed E-state index contributed by atoms with van der Waals surface area (Å²) in [6, 6.07) is 12.4. The molecule has 128 valence electrons. The second-order valence-corrected chi connectivity index (χ2v) is 7.54. The molecule has 3 rings (SSSR count). The minimum Gasteiger partial charge on any atom is -0.304 e. The molecule has 0 saturated heterocycles. The topological polar surface area (TPSA) is 81.1 Å². The van der Waals surface area contributed by atoms with Crippen molar-refractivity contribution in [1.29, 1.82) is 0 Å². The molecule has 0 atom stereocenters. The van der Waals surface area contributed by atoms with E-state index in [0.717, 1.165) is 0 Å². The van der Waals surface area contributed by atoms with Gasteiger partial charge in [0, 0.05) is 11.2 Å². The quantitative estimate of drug-likeness (QED) is 0.734. The third kappa shape index (κ3) is 3.84. The average molecular weight is 396 g/mol. The van der Waals surface area contributed by atoms with E-state index in [1.807, 2.05) is 4.72 Å². The van der Waals surface area contributed by atoms with E-state index in [1.165, 1.54) is 29.2 Å². The Hall–Kier alpha value is -2.35. The number of halogens is 2. The van der Waals surface area contributed by atoms with Gasteiger partial charge in [0.15, 0.2) is 0 Å². The maximum absolute atomic E-state index is 12.2. The number of hydrogen-bond donors (Lipinski definition) is 1. The van der Waals surface area contributed by atoms with Crippen LogP contribution in [-0.4, -0.2) is 23.9 Å². The molecular weight excluding hydrogens is 385 g/mol. The van der Waals surface area contributed by atoms with Crippen molar-refractivity contribution < 1.29 is 13.2 Å². The third-order valence-corrected chi connectivity index (χ3v) is 5.18. The average Bonchev–Trinajstić information content (AvgIpc) is 3.07. The largest absolute Gasteiger partial charge is 0.304 e. The fourth-order valence-electron chi connectivity index (χ4n) is 2.09. The summed E-state index contributed by atoms with van der Waals surface area (Å²) in [6.45, 7) is 0.